The van der Waals surface area contributed by atoms with Gasteiger partial charge < -0.3 is 10.2 Å². The van der Waals surface area contributed by atoms with E-state index < -0.39 is 9.84 Å². The smallest absolute Gasteiger partial charge is 0.180 e. The van der Waals surface area contributed by atoms with Crippen molar-refractivity contribution in [1.29, 1.82) is 0 Å². The Morgan fingerprint density at radius 3 is 2.79 bits per heavy atom. The third-order valence-corrected chi connectivity index (χ3v) is 5.48. The van der Waals surface area contributed by atoms with Crippen LogP contribution in [-0.4, -0.2) is 40.9 Å². The number of para-hydroxylation sites is 1. The van der Waals surface area contributed by atoms with Crippen LogP contribution in [0.4, 0.5) is 5.69 Å². The lowest BCUT2D eigenvalue weighted by Gasteiger charge is -2.21. The van der Waals surface area contributed by atoms with Gasteiger partial charge in [-0.1, -0.05) is 19.1 Å². The second-order valence-electron chi connectivity index (χ2n) is 5.03. The van der Waals surface area contributed by atoms with Gasteiger partial charge in [-0.25, -0.2) is 8.42 Å². The van der Waals surface area contributed by atoms with Crippen LogP contribution in [0.5, 0.6) is 0 Å². The zero-order chi connectivity index (χ0) is 13.9. The molecule has 0 spiro atoms. The van der Waals surface area contributed by atoms with Crippen molar-refractivity contribution < 1.29 is 8.42 Å². The van der Waals surface area contributed by atoms with Gasteiger partial charge in [-0.15, -0.1) is 0 Å². The summed E-state index contributed by atoms with van der Waals surface area (Å²) in [6.07, 6.45) is 1.11. The lowest BCUT2D eigenvalue weighted by molar-refractivity contribution is 0.549. The third-order valence-electron chi connectivity index (χ3n) is 3.70. The van der Waals surface area contributed by atoms with Crippen LogP contribution in [0.3, 0.4) is 0 Å². The number of benzene rings is 1. The second-order valence-corrected chi connectivity index (χ2v) is 7.28. The Bertz CT molecular complexity index is 528. The fraction of sp³-hybridized carbons (Fsp3) is 0.571. The van der Waals surface area contributed by atoms with Crippen LogP contribution in [0.1, 0.15) is 13.3 Å². The highest BCUT2D eigenvalue weighted by atomic mass is 32.2. The van der Waals surface area contributed by atoms with Crippen molar-refractivity contribution in [3.63, 3.8) is 0 Å². The highest BCUT2D eigenvalue weighted by Gasteiger charge is 2.26. The molecule has 5 heteroatoms. The molecule has 1 aromatic carbocycles. The van der Waals surface area contributed by atoms with Crippen LogP contribution < -0.4 is 10.2 Å². The maximum Gasteiger partial charge on any atom is 0.180 e. The summed E-state index contributed by atoms with van der Waals surface area (Å²) in [6.45, 7) is 4.54. The third kappa shape index (κ3) is 3.09. The van der Waals surface area contributed by atoms with Gasteiger partial charge in [-0.3, -0.25) is 0 Å². The molecule has 1 heterocycles. The summed E-state index contributed by atoms with van der Waals surface area (Å²) in [4.78, 5) is 2.67. The number of sulfone groups is 1. The van der Waals surface area contributed by atoms with Gasteiger partial charge in [0.25, 0.3) is 0 Å². The first-order chi connectivity index (χ1) is 9.08. The van der Waals surface area contributed by atoms with Gasteiger partial charge in [-0.05, 0) is 38.1 Å². The Morgan fingerprint density at radius 1 is 1.37 bits per heavy atom. The minimum atomic E-state index is -3.15. The number of anilines is 1. The average Bonchev–Trinajstić information content (AvgIpc) is 2.88. The van der Waals surface area contributed by atoms with E-state index in [0.29, 0.717) is 10.8 Å². The summed E-state index contributed by atoms with van der Waals surface area (Å²) in [5.74, 6) is 0.750. The molecule has 0 amide bonds. The fourth-order valence-corrected chi connectivity index (χ4v) is 3.76. The van der Waals surface area contributed by atoms with E-state index >= 15 is 0 Å². The van der Waals surface area contributed by atoms with Crippen molar-refractivity contribution >= 4 is 15.5 Å². The molecule has 106 valence electrons. The lowest BCUT2D eigenvalue weighted by atomic mass is 10.1. The molecule has 0 aromatic heterocycles. The molecule has 1 aliphatic heterocycles. The molecule has 1 aromatic rings. The van der Waals surface area contributed by atoms with Crippen molar-refractivity contribution in [3.8, 4) is 0 Å². The fourth-order valence-electron chi connectivity index (χ4n) is 2.64. The van der Waals surface area contributed by atoms with Crippen LogP contribution >= 0.6 is 0 Å². The van der Waals surface area contributed by atoms with Crippen LogP contribution in [0.2, 0.25) is 0 Å². The largest absolute Gasteiger partial charge is 0.370 e. The highest BCUT2D eigenvalue weighted by molar-refractivity contribution is 7.91. The molecule has 1 aliphatic rings. The van der Waals surface area contributed by atoms with Gasteiger partial charge >= 0.3 is 0 Å². The minimum Gasteiger partial charge on any atom is -0.370 e. The Morgan fingerprint density at radius 2 is 2.11 bits per heavy atom. The summed E-state index contributed by atoms with van der Waals surface area (Å²) in [6, 6.07) is 7.35. The van der Waals surface area contributed by atoms with Crippen molar-refractivity contribution in [2.45, 2.75) is 18.2 Å². The topological polar surface area (TPSA) is 49.4 Å². The van der Waals surface area contributed by atoms with E-state index in [1.807, 2.05) is 19.2 Å². The Kier molecular flexibility index (Phi) is 4.47. The first-order valence-corrected chi connectivity index (χ1v) is 8.45. The zero-order valence-corrected chi connectivity index (χ0v) is 12.4. The zero-order valence-electron chi connectivity index (χ0n) is 11.6. The van der Waals surface area contributed by atoms with Crippen LogP contribution in [0, 0.1) is 5.92 Å². The van der Waals surface area contributed by atoms with E-state index in [0.717, 1.165) is 31.7 Å². The number of nitrogens with zero attached hydrogens (tertiary/aromatic N) is 1. The van der Waals surface area contributed by atoms with Gasteiger partial charge in [-0.2, -0.15) is 0 Å². The molecule has 1 atom stereocenters. The molecule has 0 bridgehead atoms. The van der Waals surface area contributed by atoms with Crippen molar-refractivity contribution in [2.24, 2.45) is 5.92 Å². The SMILES string of the molecule is CCS(=O)(=O)c1ccccc1N1CCC(CNC)C1. The quantitative estimate of drug-likeness (QED) is 0.890. The molecule has 1 unspecified atom stereocenters. The Labute approximate surface area is 115 Å². The van der Waals surface area contributed by atoms with E-state index in [1.54, 1.807) is 19.1 Å². The molecule has 0 radical (unpaired) electrons. The molecular formula is C14H22N2O2S. The van der Waals surface area contributed by atoms with Crippen LogP contribution in [-0.2, 0) is 9.84 Å². The van der Waals surface area contributed by atoms with Crippen molar-refractivity contribution in [2.75, 3.05) is 37.3 Å². The average molecular weight is 282 g/mol. The minimum absolute atomic E-state index is 0.151. The van der Waals surface area contributed by atoms with Crippen molar-refractivity contribution in [3.05, 3.63) is 24.3 Å². The molecule has 0 saturated carbocycles. The summed E-state index contributed by atoms with van der Waals surface area (Å²) in [5, 5.41) is 3.19. The van der Waals surface area contributed by atoms with Crippen LogP contribution in [0.15, 0.2) is 29.2 Å². The van der Waals surface area contributed by atoms with Gasteiger partial charge in [0.15, 0.2) is 9.84 Å². The first kappa shape index (κ1) is 14.3. The Hall–Kier alpha value is -1.07. The summed E-state index contributed by atoms with van der Waals surface area (Å²) in [7, 11) is -1.20. The summed E-state index contributed by atoms with van der Waals surface area (Å²) >= 11 is 0. The van der Waals surface area contributed by atoms with Crippen molar-refractivity contribution in [1.82, 2.24) is 5.32 Å². The van der Waals surface area contributed by atoms with E-state index in [1.165, 1.54) is 0 Å². The van der Waals surface area contributed by atoms with E-state index in [4.69, 9.17) is 0 Å². The van der Waals surface area contributed by atoms with Crippen LogP contribution in [0.25, 0.3) is 0 Å². The molecule has 0 aliphatic carbocycles. The van der Waals surface area contributed by atoms with E-state index in [9.17, 15) is 8.42 Å². The summed E-state index contributed by atoms with van der Waals surface area (Å²) < 4.78 is 24.3. The van der Waals surface area contributed by atoms with E-state index in [-0.39, 0.29) is 5.75 Å². The molecule has 2 rings (SSSR count). The number of hydrogen-bond acceptors (Lipinski definition) is 4. The Balaban J connectivity index is 2.27. The first-order valence-electron chi connectivity index (χ1n) is 6.79. The monoisotopic (exact) mass is 282 g/mol. The molecular weight excluding hydrogens is 260 g/mol. The molecule has 19 heavy (non-hydrogen) atoms. The number of rotatable bonds is 5. The second kappa shape index (κ2) is 5.92. The molecule has 4 nitrogen and oxygen atoms in total. The predicted octanol–water partition coefficient (Wildman–Crippen LogP) is 1.53. The lowest BCUT2D eigenvalue weighted by Crippen LogP contribution is -2.25. The maximum absolute atomic E-state index is 12.1. The van der Waals surface area contributed by atoms with Gasteiger partial charge in [0.1, 0.15) is 0 Å². The van der Waals surface area contributed by atoms with Gasteiger partial charge in [0.2, 0.25) is 0 Å². The number of nitrogens with one attached hydrogen (secondary N) is 1. The normalized spacial score (nSPS) is 19.9. The molecule has 1 fully saturated rings. The standard InChI is InChI=1S/C14H22N2O2S/c1-3-19(17,18)14-7-5-4-6-13(14)16-9-8-12(11-16)10-15-2/h4-7,12,15H,3,8-11H2,1-2H3. The molecule has 1 N–H and O–H groups in total. The molecule has 1 saturated heterocycles. The van der Waals surface area contributed by atoms with E-state index in [2.05, 4.69) is 10.2 Å². The number of hydrogen-bond donors (Lipinski definition) is 1. The maximum atomic E-state index is 12.1. The van der Waals surface area contributed by atoms with Gasteiger partial charge in [0, 0.05) is 13.1 Å². The predicted molar refractivity (Wildman–Crippen MR) is 78.4 cm³/mol. The summed E-state index contributed by atoms with van der Waals surface area (Å²) in [5.41, 5.74) is 0.864. The highest BCUT2D eigenvalue weighted by Crippen LogP contribution is 2.30. The van der Waals surface area contributed by atoms with Gasteiger partial charge in [0.05, 0.1) is 16.3 Å².